The van der Waals surface area contributed by atoms with Crippen LogP contribution in [0.15, 0.2) is 62.8 Å². The number of thioether (sulfide) groups is 1. The monoisotopic (exact) mass is 462 g/mol. The number of halogens is 3. The number of aryl methyl sites for hydroxylation is 1. The molecule has 0 unspecified atom stereocenters. The number of hydrogen-bond acceptors (Lipinski definition) is 4. The zero-order valence-electron chi connectivity index (χ0n) is 15.0. The minimum absolute atomic E-state index is 0.241. The molecule has 29 heavy (non-hydrogen) atoms. The van der Waals surface area contributed by atoms with Crippen molar-refractivity contribution in [1.82, 2.24) is 5.32 Å². The number of hydrogen-bond donors (Lipinski definition) is 1. The highest BCUT2D eigenvalue weighted by Gasteiger charge is 2.24. The van der Waals surface area contributed by atoms with Crippen LogP contribution in [0, 0.1) is 6.92 Å². The lowest BCUT2D eigenvalue weighted by Gasteiger charge is -2.00. The van der Waals surface area contributed by atoms with E-state index in [0.717, 1.165) is 11.1 Å². The molecule has 0 saturated carbocycles. The Kier molecular flexibility index (Phi) is 5.74. The van der Waals surface area contributed by atoms with Gasteiger partial charge < -0.3 is 9.73 Å². The molecule has 2 heterocycles. The van der Waals surface area contributed by atoms with E-state index in [0.29, 0.717) is 42.3 Å². The summed E-state index contributed by atoms with van der Waals surface area (Å²) >= 11 is 19.5. The van der Waals surface area contributed by atoms with Gasteiger partial charge in [-0.3, -0.25) is 4.79 Å². The summed E-state index contributed by atoms with van der Waals surface area (Å²) < 4.78 is 5.83. The zero-order valence-corrected chi connectivity index (χ0v) is 18.1. The molecule has 1 aliphatic rings. The molecule has 1 fully saturated rings. The molecule has 146 valence electrons. The first-order chi connectivity index (χ1) is 13.9. The van der Waals surface area contributed by atoms with E-state index < -0.39 is 0 Å². The molecule has 0 spiro atoms. The van der Waals surface area contributed by atoms with Crippen LogP contribution in [0.5, 0.6) is 0 Å². The number of amides is 1. The number of amidine groups is 1. The maximum absolute atomic E-state index is 12.3. The Morgan fingerprint density at radius 3 is 2.62 bits per heavy atom. The highest BCUT2D eigenvalue weighted by molar-refractivity contribution is 8.18. The Morgan fingerprint density at radius 2 is 1.86 bits per heavy atom. The topological polar surface area (TPSA) is 54.6 Å². The zero-order chi connectivity index (χ0) is 20.5. The first-order valence-electron chi connectivity index (χ1n) is 8.50. The first kappa shape index (κ1) is 20.1. The molecular formula is C21H13Cl3N2O2S. The summed E-state index contributed by atoms with van der Waals surface area (Å²) in [6, 6.07) is 14.2. The number of furan rings is 1. The fraction of sp³-hybridized carbons (Fsp3) is 0.0476. The van der Waals surface area contributed by atoms with Crippen LogP contribution in [0.1, 0.15) is 11.3 Å². The van der Waals surface area contributed by atoms with Gasteiger partial charge in [0.1, 0.15) is 11.5 Å². The third kappa shape index (κ3) is 4.54. The summed E-state index contributed by atoms with van der Waals surface area (Å²) in [5.74, 6) is 0.878. The van der Waals surface area contributed by atoms with E-state index in [4.69, 9.17) is 39.2 Å². The molecule has 4 nitrogen and oxygen atoms in total. The maximum Gasteiger partial charge on any atom is 0.264 e. The predicted molar refractivity (Wildman–Crippen MR) is 121 cm³/mol. The van der Waals surface area contributed by atoms with Gasteiger partial charge in [0.05, 0.1) is 15.6 Å². The SMILES string of the molecule is Cc1ccc(N=C2NC(=O)/C(=C/c3ccc(-c4ccc(Cl)cc4Cl)o3)S2)cc1Cl. The van der Waals surface area contributed by atoms with Gasteiger partial charge in [-0.1, -0.05) is 40.9 Å². The van der Waals surface area contributed by atoms with Crippen LogP contribution in [0.3, 0.4) is 0 Å². The van der Waals surface area contributed by atoms with Crippen molar-refractivity contribution >= 4 is 69.4 Å². The fourth-order valence-corrected chi connectivity index (χ4v) is 4.14. The van der Waals surface area contributed by atoms with Crippen LogP contribution >= 0.6 is 46.6 Å². The molecule has 1 aliphatic heterocycles. The minimum Gasteiger partial charge on any atom is -0.457 e. The van der Waals surface area contributed by atoms with E-state index >= 15 is 0 Å². The number of rotatable bonds is 3. The second-order valence-corrected chi connectivity index (χ2v) is 8.52. The van der Waals surface area contributed by atoms with Gasteiger partial charge >= 0.3 is 0 Å². The van der Waals surface area contributed by atoms with Crippen molar-refractivity contribution in [3.8, 4) is 11.3 Å². The van der Waals surface area contributed by atoms with Gasteiger partial charge in [-0.25, -0.2) is 4.99 Å². The summed E-state index contributed by atoms with van der Waals surface area (Å²) in [6.45, 7) is 1.92. The summed E-state index contributed by atoms with van der Waals surface area (Å²) in [5.41, 5.74) is 2.36. The van der Waals surface area contributed by atoms with Crippen LogP contribution in [0.4, 0.5) is 5.69 Å². The van der Waals surface area contributed by atoms with Crippen molar-refractivity contribution < 1.29 is 9.21 Å². The second-order valence-electron chi connectivity index (χ2n) is 6.24. The van der Waals surface area contributed by atoms with E-state index in [1.165, 1.54) is 11.8 Å². The number of carbonyl (C=O) groups is 1. The van der Waals surface area contributed by atoms with Crippen LogP contribution in [-0.4, -0.2) is 11.1 Å². The third-order valence-electron chi connectivity index (χ3n) is 4.13. The summed E-state index contributed by atoms with van der Waals surface area (Å²) in [7, 11) is 0. The van der Waals surface area contributed by atoms with E-state index in [1.54, 1.807) is 42.5 Å². The Labute approximate surface area is 186 Å². The van der Waals surface area contributed by atoms with E-state index in [1.807, 2.05) is 19.1 Å². The van der Waals surface area contributed by atoms with Gasteiger partial charge in [0, 0.05) is 21.7 Å². The lowest BCUT2D eigenvalue weighted by molar-refractivity contribution is -0.115. The first-order valence-corrected chi connectivity index (χ1v) is 10.4. The molecule has 1 amide bonds. The van der Waals surface area contributed by atoms with Gasteiger partial charge in [0.15, 0.2) is 5.17 Å². The molecule has 0 radical (unpaired) electrons. The van der Waals surface area contributed by atoms with Crippen molar-refractivity contribution in [2.45, 2.75) is 6.92 Å². The average molecular weight is 464 g/mol. The highest BCUT2D eigenvalue weighted by atomic mass is 35.5. The van der Waals surface area contributed by atoms with Crippen LogP contribution < -0.4 is 5.32 Å². The minimum atomic E-state index is -0.241. The number of nitrogens with zero attached hydrogens (tertiary/aromatic N) is 1. The molecule has 3 aromatic rings. The summed E-state index contributed by atoms with van der Waals surface area (Å²) in [6.07, 6.45) is 1.66. The molecular weight excluding hydrogens is 451 g/mol. The normalized spacial score (nSPS) is 16.6. The standard InChI is InChI=1S/C21H13Cl3N2O2S/c1-11-2-4-13(9-16(11)23)25-21-26-20(27)19(29-21)10-14-5-7-18(28-14)15-6-3-12(22)8-17(15)24/h2-10H,1H3,(H,25,26,27)/b19-10-. The molecule has 1 aromatic heterocycles. The fourth-order valence-electron chi connectivity index (χ4n) is 2.64. The Morgan fingerprint density at radius 1 is 1.03 bits per heavy atom. The van der Waals surface area contributed by atoms with E-state index in [9.17, 15) is 4.79 Å². The quantitative estimate of drug-likeness (QED) is 0.421. The van der Waals surface area contributed by atoms with Gasteiger partial charge in [0.25, 0.3) is 5.91 Å². The summed E-state index contributed by atoms with van der Waals surface area (Å²) in [5, 5.41) is 4.89. The molecule has 8 heteroatoms. The van der Waals surface area contributed by atoms with Gasteiger partial charge in [-0.2, -0.15) is 0 Å². The Balaban J connectivity index is 1.56. The molecule has 2 aromatic carbocycles. The summed E-state index contributed by atoms with van der Waals surface area (Å²) in [4.78, 5) is 17.2. The molecule has 1 saturated heterocycles. The lowest BCUT2D eigenvalue weighted by Crippen LogP contribution is -2.19. The van der Waals surface area contributed by atoms with Crippen LogP contribution in [-0.2, 0) is 4.79 Å². The van der Waals surface area contributed by atoms with Gasteiger partial charge in [0.2, 0.25) is 0 Å². The molecule has 1 N–H and O–H groups in total. The van der Waals surface area contributed by atoms with Crippen molar-refractivity contribution in [3.63, 3.8) is 0 Å². The number of benzene rings is 2. The van der Waals surface area contributed by atoms with Crippen molar-refractivity contribution in [2.24, 2.45) is 4.99 Å². The van der Waals surface area contributed by atoms with Crippen molar-refractivity contribution in [1.29, 1.82) is 0 Å². The number of nitrogens with one attached hydrogen (secondary N) is 1. The molecule has 0 aliphatic carbocycles. The van der Waals surface area contributed by atoms with Crippen LogP contribution in [0.2, 0.25) is 15.1 Å². The molecule has 4 rings (SSSR count). The smallest absolute Gasteiger partial charge is 0.264 e. The second kappa shape index (κ2) is 8.28. The number of aliphatic imine (C=N–C) groups is 1. The van der Waals surface area contributed by atoms with Crippen molar-refractivity contribution in [3.05, 3.63) is 79.8 Å². The Hall–Kier alpha value is -2.18. The largest absolute Gasteiger partial charge is 0.457 e. The van der Waals surface area contributed by atoms with Gasteiger partial charge in [-0.05, 0) is 66.7 Å². The molecule has 0 bridgehead atoms. The molecule has 0 atom stereocenters. The predicted octanol–water partition coefficient (Wildman–Crippen LogP) is 7.11. The average Bonchev–Trinajstić information content (AvgIpc) is 3.25. The lowest BCUT2D eigenvalue weighted by atomic mass is 10.2. The highest BCUT2D eigenvalue weighted by Crippen LogP contribution is 2.34. The van der Waals surface area contributed by atoms with Crippen molar-refractivity contribution in [2.75, 3.05) is 0 Å². The number of carbonyl (C=O) groups excluding carboxylic acids is 1. The van der Waals surface area contributed by atoms with E-state index in [2.05, 4.69) is 10.3 Å². The van der Waals surface area contributed by atoms with E-state index in [-0.39, 0.29) is 5.91 Å². The maximum atomic E-state index is 12.3. The Bertz CT molecular complexity index is 1180. The third-order valence-corrected chi connectivity index (χ3v) is 6.00. The van der Waals surface area contributed by atoms with Crippen LogP contribution in [0.25, 0.3) is 17.4 Å². The van der Waals surface area contributed by atoms with Gasteiger partial charge in [-0.15, -0.1) is 0 Å².